The zero-order chi connectivity index (χ0) is 28.3. The number of benzene rings is 3. The third-order valence-corrected chi connectivity index (χ3v) is 8.38. The number of aromatic hydroxyl groups is 1. The lowest BCUT2D eigenvalue weighted by molar-refractivity contribution is -0.121. The Bertz CT molecular complexity index is 1450. The van der Waals surface area contributed by atoms with E-state index in [1.165, 1.54) is 5.57 Å². The molecule has 1 fully saturated rings. The quantitative estimate of drug-likeness (QED) is 0.356. The summed E-state index contributed by atoms with van der Waals surface area (Å²) in [7, 11) is 0. The third-order valence-electron chi connectivity index (χ3n) is 8.38. The van der Waals surface area contributed by atoms with Gasteiger partial charge in [0.2, 0.25) is 0 Å². The molecule has 3 aromatic rings. The second-order valence-electron chi connectivity index (χ2n) is 11.1. The van der Waals surface area contributed by atoms with Gasteiger partial charge in [-0.05, 0) is 109 Å². The molecule has 0 bridgehead atoms. The van der Waals surface area contributed by atoms with E-state index < -0.39 is 0 Å². The zero-order valence-corrected chi connectivity index (χ0v) is 23.6. The summed E-state index contributed by atoms with van der Waals surface area (Å²) in [5.41, 5.74) is 7.53. The predicted octanol–water partition coefficient (Wildman–Crippen LogP) is 6.25. The van der Waals surface area contributed by atoms with Crippen LogP contribution < -0.4 is 14.4 Å². The lowest BCUT2D eigenvalue weighted by atomic mass is 9.87. The maximum Gasteiger partial charge on any atom is 0.265 e. The van der Waals surface area contributed by atoms with Crippen LogP contribution in [-0.2, 0) is 11.2 Å². The van der Waals surface area contributed by atoms with Crippen molar-refractivity contribution in [3.63, 3.8) is 0 Å². The van der Waals surface area contributed by atoms with Crippen LogP contribution in [0.5, 0.6) is 17.2 Å². The molecule has 6 rings (SSSR count). The molecule has 2 heterocycles. The Morgan fingerprint density at radius 2 is 1.88 bits per heavy atom. The predicted molar refractivity (Wildman–Crippen MR) is 159 cm³/mol. The lowest BCUT2D eigenvalue weighted by Gasteiger charge is -2.29. The van der Waals surface area contributed by atoms with Gasteiger partial charge in [0, 0.05) is 26.2 Å². The molecular formula is C34H37FN2O4. The molecule has 1 atom stereocenters. The van der Waals surface area contributed by atoms with Gasteiger partial charge in [0.25, 0.3) is 5.91 Å². The first-order valence-corrected chi connectivity index (χ1v) is 14.7. The zero-order valence-electron chi connectivity index (χ0n) is 23.6. The van der Waals surface area contributed by atoms with Crippen LogP contribution in [0, 0.1) is 0 Å². The first kappa shape index (κ1) is 27.3. The number of alkyl halides is 1. The Morgan fingerprint density at radius 3 is 2.68 bits per heavy atom. The molecule has 7 heteroatoms. The van der Waals surface area contributed by atoms with E-state index >= 15 is 0 Å². The second kappa shape index (κ2) is 12.0. The number of amides is 1. The van der Waals surface area contributed by atoms with Crippen LogP contribution in [0.15, 0.2) is 60.7 Å². The molecule has 1 aliphatic carbocycles. The van der Waals surface area contributed by atoms with Crippen LogP contribution in [0.4, 0.5) is 10.1 Å². The number of hydrogen-bond donors (Lipinski definition) is 1. The minimum Gasteiger partial charge on any atom is -0.508 e. The van der Waals surface area contributed by atoms with E-state index in [0.717, 1.165) is 90.3 Å². The van der Waals surface area contributed by atoms with Crippen molar-refractivity contribution in [1.29, 1.82) is 0 Å². The smallest absolute Gasteiger partial charge is 0.265 e. The number of fused-ring (bicyclic) bond motifs is 2. The molecule has 0 radical (unpaired) electrons. The Morgan fingerprint density at radius 1 is 1.05 bits per heavy atom. The Labute approximate surface area is 241 Å². The molecule has 0 spiro atoms. The van der Waals surface area contributed by atoms with Crippen molar-refractivity contribution in [2.75, 3.05) is 44.4 Å². The van der Waals surface area contributed by atoms with Gasteiger partial charge in [0.15, 0.2) is 6.61 Å². The minimum absolute atomic E-state index is 0.0311. The molecule has 41 heavy (non-hydrogen) atoms. The molecule has 3 aliphatic rings. The number of likely N-dealkylation sites (tertiary alicyclic amines) is 1. The normalized spacial score (nSPS) is 19.0. The van der Waals surface area contributed by atoms with E-state index in [9.17, 15) is 14.3 Å². The van der Waals surface area contributed by atoms with Gasteiger partial charge in [-0.3, -0.25) is 14.1 Å². The summed E-state index contributed by atoms with van der Waals surface area (Å²) in [6.07, 6.45) is 4.30. The Kier molecular flexibility index (Phi) is 7.97. The number of anilines is 1. The van der Waals surface area contributed by atoms with Crippen molar-refractivity contribution in [3.8, 4) is 17.2 Å². The van der Waals surface area contributed by atoms with Crippen LogP contribution in [0.3, 0.4) is 0 Å². The summed E-state index contributed by atoms with van der Waals surface area (Å²) in [4.78, 5) is 16.6. The van der Waals surface area contributed by atoms with Crippen molar-refractivity contribution in [1.82, 2.24) is 4.90 Å². The number of carbonyl (C=O) groups is 1. The fourth-order valence-electron chi connectivity index (χ4n) is 6.40. The van der Waals surface area contributed by atoms with Gasteiger partial charge < -0.3 is 19.5 Å². The summed E-state index contributed by atoms with van der Waals surface area (Å²) in [5, 5.41) is 10.3. The van der Waals surface area contributed by atoms with Crippen molar-refractivity contribution >= 4 is 22.7 Å². The SMILES string of the molecule is CCN1C(=O)COc2ccc(C3=C(c4ccc(O[C@H]5CCN(CCCF)C5)cc4)c4ccc(O)cc4CCC3)cc21. The number of nitrogens with zero attached hydrogens (tertiary/aromatic N) is 2. The average Bonchev–Trinajstić information content (AvgIpc) is 3.34. The highest BCUT2D eigenvalue weighted by atomic mass is 19.1. The number of halogens is 1. The van der Waals surface area contributed by atoms with E-state index in [2.05, 4.69) is 29.2 Å². The van der Waals surface area contributed by atoms with Gasteiger partial charge in [-0.15, -0.1) is 0 Å². The van der Waals surface area contributed by atoms with E-state index in [-0.39, 0.29) is 31.0 Å². The fraction of sp³-hybridized carbons (Fsp3) is 0.382. The highest BCUT2D eigenvalue weighted by Crippen LogP contribution is 2.43. The monoisotopic (exact) mass is 556 g/mol. The number of likely N-dealkylation sites (N-methyl/N-ethyl adjacent to an activating group) is 1. The molecule has 214 valence electrons. The van der Waals surface area contributed by atoms with E-state index in [1.807, 2.05) is 37.3 Å². The largest absolute Gasteiger partial charge is 0.508 e. The average molecular weight is 557 g/mol. The number of hydrogen-bond acceptors (Lipinski definition) is 5. The van der Waals surface area contributed by atoms with Crippen LogP contribution in [0.2, 0.25) is 0 Å². The number of aryl methyl sites for hydroxylation is 1. The lowest BCUT2D eigenvalue weighted by Crippen LogP contribution is -2.38. The number of phenols is 1. The first-order chi connectivity index (χ1) is 20.0. The first-order valence-electron chi connectivity index (χ1n) is 14.7. The molecule has 1 N–H and O–H groups in total. The standard InChI is InChI=1S/C34H37FN2O4/c1-2-37-31-20-25(9-14-32(31)40-22-33(37)39)29-6-3-5-24-19-26(38)10-13-30(24)34(29)23-7-11-27(12-8-23)41-28-15-18-36(21-28)17-4-16-35/h7-14,19-20,28,38H,2-6,15-18,21-22H2,1H3/t28-/m0/s1. The summed E-state index contributed by atoms with van der Waals surface area (Å²) in [5.74, 6) is 1.80. The molecule has 1 saturated heterocycles. The highest BCUT2D eigenvalue weighted by Gasteiger charge is 2.27. The minimum atomic E-state index is -0.279. The maximum atomic E-state index is 12.6. The topological polar surface area (TPSA) is 62.2 Å². The van der Waals surface area contributed by atoms with Gasteiger partial charge in [-0.2, -0.15) is 0 Å². The molecular weight excluding hydrogens is 519 g/mol. The van der Waals surface area contributed by atoms with Crippen molar-refractivity contribution in [2.45, 2.75) is 45.1 Å². The molecule has 2 aliphatic heterocycles. The number of phenolic OH excluding ortho intramolecular Hbond substituents is 1. The van der Waals surface area contributed by atoms with Gasteiger partial charge in [0.1, 0.15) is 23.4 Å². The second-order valence-corrected chi connectivity index (χ2v) is 11.1. The Balaban J connectivity index is 1.37. The fourth-order valence-corrected chi connectivity index (χ4v) is 6.40. The van der Waals surface area contributed by atoms with Crippen LogP contribution >= 0.6 is 0 Å². The highest BCUT2D eigenvalue weighted by molar-refractivity contribution is 6.02. The number of rotatable bonds is 8. The molecule has 0 aromatic heterocycles. The number of carbonyl (C=O) groups excluding carboxylic acids is 1. The number of allylic oxidation sites excluding steroid dienone is 1. The molecule has 0 unspecified atom stereocenters. The number of ether oxygens (including phenoxy) is 2. The van der Waals surface area contributed by atoms with Crippen molar-refractivity contribution < 1.29 is 23.8 Å². The maximum absolute atomic E-state index is 12.6. The van der Waals surface area contributed by atoms with E-state index in [0.29, 0.717) is 13.0 Å². The van der Waals surface area contributed by atoms with Crippen LogP contribution in [-0.4, -0.2) is 61.5 Å². The van der Waals surface area contributed by atoms with Crippen LogP contribution in [0.25, 0.3) is 11.1 Å². The van der Waals surface area contributed by atoms with Gasteiger partial charge in [0.05, 0.1) is 12.4 Å². The summed E-state index contributed by atoms with van der Waals surface area (Å²) >= 11 is 0. The summed E-state index contributed by atoms with van der Waals surface area (Å²) in [6, 6.07) is 20.1. The van der Waals surface area contributed by atoms with Crippen molar-refractivity contribution in [3.05, 3.63) is 82.9 Å². The molecule has 0 saturated carbocycles. The van der Waals surface area contributed by atoms with E-state index in [4.69, 9.17) is 9.47 Å². The molecule has 3 aromatic carbocycles. The van der Waals surface area contributed by atoms with Gasteiger partial charge >= 0.3 is 0 Å². The van der Waals surface area contributed by atoms with E-state index in [1.54, 1.807) is 11.0 Å². The Hall–Kier alpha value is -3.84. The summed E-state index contributed by atoms with van der Waals surface area (Å²) in [6.45, 7) is 4.90. The summed E-state index contributed by atoms with van der Waals surface area (Å²) < 4.78 is 24.6. The van der Waals surface area contributed by atoms with Crippen molar-refractivity contribution in [2.24, 2.45) is 0 Å². The molecule has 6 nitrogen and oxygen atoms in total. The molecule has 1 amide bonds. The third kappa shape index (κ3) is 5.68. The van der Waals surface area contributed by atoms with Crippen LogP contribution in [0.1, 0.15) is 54.9 Å². The van der Waals surface area contributed by atoms with Gasteiger partial charge in [-0.25, -0.2) is 0 Å². The van der Waals surface area contributed by atoms with Gasteiger partial charge in [-0.1, -0.05) is 24.3 Å².